The fourth-order valence-electron chi connectivity index (χ4n) is 3.83. The summed E-state index contributed by atoms with van der Waals surface area (Å²) in [5.41, 5.74) is 6.06. The summed E-state index contributed by atoms with van der Waals surface area (Å²) < 4.78 is 13.3. The van der Waals surface area contributed by atoms with Gasteiger partial charge in [-0.1, -0.05) is 54.6 Å². The van der Waals surface area contributed by atoms with E-state index in [9.17, 15) is 0 Å². The summed E-state index contributed by atoms with van der Waals surface area (Å²) in [4.78, 5) is 0. The molecule has 1 N–H and O–H groups in total. The van der Waals surface area contributed by atoms with Crippen molar-refractivity contribution in [1.29, 1.82) is 0 Å². The molecule has 0 heterocycles. The third-order valence-corrected chi connectivity index (χ3v) is 6.51. The van der Waals surface area contributed by atoms with Crippen molar-refractivity contribution in [1.82, 2.24) is 0 Å². The zero-order valence-corrected chi connectivity index (χ0v) is 20.9. The molecule has 4 aromatic carbocycles. The van der Waals surface area contributed by atoms with Crippen molar-refractivity contribution in [3.05, 3.63) is 98.6 Å². The van der Waals surface area contributed by atoms with Crippen molar-refractivity contribution >= 4 is 39.1 Å². The van der Waals surface area contributed by atoms with Crippen molar-refractivity contribution in [2.75, 3.05) is 11.9 Å². The Bertz CT molecular complexity index is 1230. The van der Waals surface area contributed by atoms with Gasteiger partial charge in [0.05, 0.1) is 10.2 Å². The number of rotatable bonds is 8. The first-order valence-electron chi connectivity index (χ1n) is 10.9. The van der Waals surface area contributed by atoms with E-state index in [-0.39, 0.29) is 0 Å². The second kappa shape index (κ2) is 10.3. The van der Waals surface area contributed by atoms with E-state index in [0.29, 0.717) is 13.2 Å². The van der Waals surface area contributed by atoms with Crippen LogP contribution in [0.5, 0.6) is 11.5 Å². The van der Waals surface area contributed by atoms with Gasteiger partial charge in [-0.25, -0.2) is 0 Å². The molecule has 0 saturated carbocycles. The Morgan fingerprint density at radius 3 is 2.50 bits per heavy atom. The number of halogens is 1. The Hall–Kier alpha value is -2.73. The molecule has 0 bridgehead atoms. The average molecular weight is 537 g/mol. The molecule has 3 nitrogen and oxygen atoms in total. The second-order valence-electron chi connectivity index (χ2n) is 7.87. The van der Waals surface area contributed by atoms with Crippen LogP contribution >= 0.6 is 22.6 Å². The molecule has 0 unspecified atom stereocenters. The minimum Gasteiger partial charge on any atom is -0.490 e. The van der Waals surface area contributed by atoms with E-state index in [0.717, 1.165) is 32.9 Å². The fraction of sp³-hybridized carbons (Fsp3) is 0.214. The van der Waals surface area contributed by atoms with Crippen LogP contribution in [0.2, 0.25) is 0 Å². The van der Waals surface area contributed by atoms with E-state index in [2.05, 4.69) is 115 Å². The predicted molar refractivity (Wildman–Crippen MR) is 142 cm³/mol. The third kappa shape index (κ3) is 5.01. The van der Waals surface area contributed by atoms with Crippen LogP contribution in [-0.2, 0) is 13.2 Å². The van der Waals surface area contributed by atoms with Crippen LogP contribution in [0.1, 0.15) is 29.2 Å². The number of benzene rings is 4. The molecule has 4 heteroatoms. The van der Waals surface area contributed by atoms with Gasteiger partial charge >= 0.3 is 0 Å². The van der Waals surface area contributed by atoms with Gasteiger partial charge in [0, 0.05) is 12.2 Å². The maximum Gasteiger partial charge on any atom is 0.174 e. The van der Waals surface area contributed by atoms with E-state index in [1.807, 2.05) is 6.92 Å². The van der Waals surface area contributed by atoms with Crippen LogP contribution in [0.4, 0.5) is 5.69 Å². The van der Waals surface area contributed by atoms with Crippen LogP contribution in [0.3, 0.4) is 0 Å². The summed E-state index contributed by atoms with van der Waals surface area (Å²) in [7, 11) is 0. The Morgan fingerprint density at radius 1 is 0.875 bits per heavy atom. The summed E-state index contributed by atoms with van der Waals surface area (Å²) in [6.45, 7) is 8.11. The molecule has 164 valence electrons. The van der Waals surface area contributed by atoms with Crippen LogP contribution in [0.25, 0.3) is 10.8 Å². The van der Waals surface area contributed by atoms with Gasteiger partial charge in [-0.15, -0.1) is 0 Å². The summed E-state index contributed by atoms with van der Waals surface area (Å²) in [5.74, 6) is 1.59. The highest BCUT2D eigenvalue weighted by atomic mass is 127. The minimum absolute atomic E-state index is 0.498. The number of nitrogens with one attached hydrogen (secondary N) is 1. The van der Waals surface area contributed by atoms with Crippen molar-refractivity contribution in [3.8, 4) is 11.5 Å². The van der Waals surface area contributed by atoms with Gasteiger partial charge in [-0.3, -0.25) is 0 Å². The molecule has 0 saturated heterocycles. The summed E-state index contributed by atoms with van der Waals surface area (Å²) in [5, 5.41) is 6.01. The molecule has 4 aromatic rings. The highest BCUT2D eigenvalue weighted by Gasteiger charge is 2.14. The third-order valence-electron chi connectivity index (χ3n) is 5.71. The molecule has 0 amide bonds. The smallest absolute Gasteiger partial charge is 0.174 e. The van der Waals surface area contributed by atoms with Gasteiger partial charge in [0.1, 0.15) is 6.61 Å². The van der Waals surface area contributed by atoms with E-state index in [4.69, 9.17) is 9.47 Å². The zero-order chi connectivity index (χ0) is 22.5. The van der Waals surface area contributed by atoms with Gasteiger partial charge < -0.3 is 14.8 Å². The normalized spacial score (nSPS) is 10.9. The van der Waals surface area contributed by atoms with Crippen LogP contribution in [0.15, 0.2) is 72.8 Å². The Kier molecular flexibility index (Phi) is 7.20. The Balaban J connectivity index is 1.55. The molecule has 0 atom stereocenters. The molecule has 0 aliphatic carbocycles. The fourth-order valence-corrected chi connectivity index (χ4v) is 4.66. The number of anilines is 1. The molecule has 4 rings (SSSR count). The van der Waals surface area contributed by atoms with Crippen LogP contribution < -0.4 is 14.8 Å². The molecular weight excluding hydrogens is 509 g/mol. The standard InChI is InChI=1S/C28H28INO2/c1-4-31-27-16-21(17-30-26-14-7-9-19(2)20(26)3)15-25(29)28(27)32-18-23-12-8-11-22-10-5-6-13-24(22)23/h5-16,30H,4,17-18H2,1-3H3. The number of hydrogen-bond donors (Lipinski definition) is 1. The Morgan fingerprint density at radius 2 is 1.66 bits per heavy atom. The van der Waals surface area contributed by atoms with E-state index < -0.39 is 0 Å². The van der Waals surface area contributed by atoms with Crippen molar-refractivity contribution in [2.45, 2.75) is 33.9 Å². The largest absolute Gasteiger partial charge is 0.490 e. The molecule has 0 radical (unpaired) electrons. The second-order valence-corrected chi connectivity index (χ2v) is 9.03. The Labute approximate surface area is 203 Å². The summed E-state index contributed by atoms with van der Waals surface area (Å²) in [6, 6.07) is 25.3. The number of hydrogen-bond acceptors (Lipinski definition) is 3. The van der Waals surface area contributed by atoms with Gasteiger partial charge in [0.15, 0.2) is 11.5 Å². The summed E-state index contributed by atoms with van der Waals surface area (Å²) in [6.07, 6.45) is 0. The van der Waals surface area contributed by atoms with Crippen molar-refractivity contribution in [3.63, 3.8) is 0 Å². The van der Waals surface area contributed by atoms with Gasteiger partial charge in [0.2, 0.25) is 0 Å². The van der Waals surface area contributed by atoms with Gasteiger partial charge in [-0.2, -0.15) is 0 Å². The molecule has 0 aromatic heterocycles. The van der Waals surface area contributed by atoms with Crippen LogP contribution in [-0.4, -0.2) is 6.61 Å². The van der Waals surface area contributed by atoms with Crippen molar-refractivity contribution < 1.29 is 9.47 Å². The molecule has 0 spiro atoms. The highest BCUT2D eigenvalue weighted by Crippen LogP contribution is 2.35. The quantitative estimate of drug-likeness (QED) is 0.234. The molecular formula is C28H28INO2. The number of fused-ring (bicyclic) bond motifs is 1. The monoisotopic (exact) mass is 537 g/mol. The minimum atomic E-state index is 0.498. The maximum absolute atomic E-state index is 6.31. The highest BCUT2D eigenvalue weighted by molar-refractivity contribution is 14.1. The first-order chi connectivity index (χ1) is 15.6. The molecule has 0 aliphatic rings. The SMILES string of the molecule is CCOc1cc(CNc2cccc(C)c2C)cc(I)c1OCc1cccc2ccccc12. The molecule has 32 heavy (non-hydrogen) atoms. The maximum atomic E-state index is 6.31. The lowest BCUT2D eigenvalue weighted by Crippen LogP contribution is -2.06. The van der Waals surface area contributed by atoms with E-state index >= 15 is 0 Å². The molecule has 0 fully saturated rings. The first-order valence-corrected chi connectivity index (χ1v) is 12.0. The lowest BCUT2D eigenvalue weighted by molar-refractivity contribution is 0.268. The van der Waals surface area contributed by atoms with E-state index in [1.54, 1.807) is 0 Å². The van der Waals surface area contributed by atoms with Gasteiger partial charge in [0.25, 0.3) is 0 Å². The number of ether oxygens (including phenoxy) is 2. The van der Waals surface area contributed by atoms with Crippen LogP contribution in [0, 0.1) is 17.4 Å². The van der Waals surface area contributed by atoms with E-state index in [1.165, 1.54) is 27.5 Å². The molecule has 0 aliphatic heterocycles. The first kappa shape index (κ1) is 22.5. The van der Waals surface area contributed by atoms with Crippen molar-refractivity contribution in [2.24, 2.45) is 0 Å². The topological polar surface area (TPSA) is 30.5 Å². The lowest BCUT2D eigenvalue weighted by atomic mass is 10.1. The average Bonchev–Trinajstić information content (AvgIpc) is 2.80. The predicted octanol–water partition coefficient (Wildman–Crippen LogP) is 7.65. The van der Waals surface area contributed by atoms with Gasteiger partial charge in [-0.05, 0) is 94.6 Å². The lowest BCUT2D eigenvalue weighted by Gasteiger charge is -2.17. The zero-order valence-electron chi connectivity index (χ0n) is 18.7. The number of aryl methyl sites for hydroxylation is 1. The summed E-state index contributed by atoms with van der Waals surface area (Å²) >= 11 is 2.35.